The zero-order valence-electron chi connectivity index (χ0n) is 12.5. The van der Waals surface area contributed by atoms with Gasteiger partial charge in [-0.15, -0.1) is 0 Å². The summed E-state index contributed by atoms with van der Waals surface area (Å²) in [6, 6.07) is 3.97. The number of aromatic hydroxyl groups is 1. The van der Waals surface area contributed by atoms with Gasteiger partial charge in [-0.05, 0) is 19.9 Å². The quantitative estimate of drug-likeness (QED) is 0.707. The van der Waals surface area contributed by atoms with Gasteiger partial charge in [0.05, 0.1) is 18.1 Å². The van der Waals surface area contributed by atoms with Gasteiger partial charge in [0, 0.05) is 12.1 Å². The van der Waals surface area contributed by atoms with Crippen LogP contribution >= 0.6 is 0 Å². The molecule has 120 valence electrons. The van der Waals surface area contributed by atoms with Crippen LogP contribution < -0.4 is 15.1 Å². The van der Waals surface area contributed by atoms with Crippen molar-refractivity contribution in [3.05, 3.63) is 28.6 Å². The minimum atomic E-state index is -1.35. The van der Waals surface area contributed by atoms with Crippen LogP contribution in [0.2, 0.25) is 0 Å². The van der Waals surface area contributed by atoms with Crippen molar-refractivity contribution in [1.82, 2.24) is 0 Å². The Labute approximate surface area is 126 Å². The van der Waals surface area contributed by atoms with Crippen molar-refractivity contribution in [2.75, 3.05) is 13.7 Å². The van der Waals surface area contributed by atoms with Gasteiger partial charge in [-0.25, -0.2) is 4.79 Å². The largest absolute Gasteiger partial charge is 0.504 e. The lowest BCUT2D eigenvalue weighted by molar-refractivity contribution is -0.0664. The molecule has 0 aliphatic carbocycles. The number of phenolic OH excluding ortho intramolecular Hbond substituents is 1. The molecule has 0 spiro atoms. The van der Waals surface area contributed by atoms with Crippen molar-refractivity contribution in [3.63, 3.8) is 0 Å². The van der Waals surface area contributed by atoms with Crippen LogP contribution in [0.1, 0.15) is 13.8 Å². The number of rotatable bonds is 5. The summed E-state index contributed by atoms with van der Waals surface area (Å²) in [6.45, 7) is 2.65. The summed E-state index contributed by atoms with van der Waals surface area (Å²) in [6.07, 6.45) is -1.15. The summed E-state index contributed by atoms with van der Waals surface area (Å²) < 4.78 is 15.5. The predicted molar refractivity (Wildman–Crippen MR) is 78.5 cm³/mol. The topological polar surface area (TPSA) is 109 Å². The van der Waals surface area contributed by atoms with Crippen molar-refractivity contribution < 1.29 is 29.2 Å². The molecular weight excluding hydrogens is 292 g/mol. The van der Waals surface area contributed by atoms with E-state index in [-0.39, 0.29) is 29.4 Å². The van der Waals surface area contributed by atoms with Gasteiger partial charge in [-0.2, -0.15) is 0 Å². The molecule has 0 aliphatic rings. The molecular formula is C15H18O7. The van der Waals surface area contributed by atoms with Crippen LogP contribution in [0, 0.1) is 0 Å². The average Bonchev–Trinajstić information content (AvgIpc) is 2.43. The van der Waals surface area contributed by atoms with Crippen LogP contribution in [0.25, 0.3) is 11.0 Å². The second kappa shape index (κ2) is 5.86. The Bertz CT molecular complexity index is 727. The van der Waals surface area contributed by atoms with Crippen molar-refractivity contribution in [2.24, 2.45) is 0 Å². The van der Waals surface area contributed by atoms with E-state index in [2.05, 4.69) is 0 Å². The Morgan fingerprint density at radius 1 is 1.36 bits per heavy atom. The van der Waals surface area contributed by atoms with Gasteiger partial charge in [-0.1, -0.05) is 0 Å². The SMILES string of the molecule is COc1c(OCC(O)C(C)(C)O)cc2oc(=O)ccc2c1O. The third-order valence-electron chi connectivity index (χ3n) is 3.23. The number of benzene rings is 1. The minimum absolute atomic E-state index is 0.0456. The van der Waals surface area contributed by atoms with Crippen LogP contribution in [0.15, 0.2) is 27.4 Å². The van der Waals surface area contributed by atoms with Gasteiger partial charge in [0.1, 0.15) is 18.3 Å². The van der Waals surface area contributed by atoms with E-state index in [1.165, 1.54) is 39.2 Å². The molecule has 7 heteroatoms. The molecule has 0 saturated heterocycles. The highest BCUT2D eigenvalue weighted by atomic mass is 16.5. The van der Waals surface area contributed by atoms with E-state index < -0.39 is 17.3 Å². The Hall–Kier alpha value is -2.25. The molecule has 1 atom stereocenters. The normalized spacial score (nSPS) is 13.1. The molecule has 0 aliphatic heterocycles. The summed E-state index contributed by atoms with van der Waals surface area (Å²) in [7, 11) is 1.35. The van der Waals surface area contributed by atoms with Crippen molar-refractivity contribution >= 4 is 11.0 Å². The number of phenols is 1. The maximum atomic E-state index is 11.3. The zero-order valence-corrected chi connectivity index (χ0v) is 12.5. The Balaban J connectivity index is 2.42. The highest BCUT2D eigenvalue weighted by molar-refractivity contribution is 5.88. The van der Waals surface area contributed by atoms with Gasteiger partial charge in [-0.3, -0.25) is 0 Å². The number of aliphatic hydroxyl groups is 2. The van der Waals surface area contributed by atoms with E-state index in [1.807, 2.05) is 0 Å². The molecule has 0 bridgehead atoms. The first-order chi connectivity index (χ1) is 10.2. The maximum absolute atomic E-state index is 11.3. The fourth-order valence-electron chi connectivity index (χ4n) is 1.83. The number of hydrogen-bond acceptors (Lipinski definition) is 7. The van der Waals surface area contributed by atoms with Crippen molar-refractivity contribution in [2.45, 2.75) is 25.6 Å². The lowest BCUT2D eigenvalue weighted by Crippen LogP contribution is -2.40. The fraction of sp³-hybridized carbons (Fsp3) is 0.400. The van der Waals surface area contributed by atoms with E-state index in [4.69, 9.17) is 13.9 Å². The smallest absolute Gasteiger partial charge is 0.336 e. The van der Waals surface area contributed by atoms with Gasteiger partial charge < -0.3 is 29.2 Å². The molecule has 2 aromatic rings. The van der Waals surface area contributed by atoms with Crippen molar-refractivity contribution in [3.8, 4) is 17.2 Å². The standard InChI is InChI=1S/C15H18O7/c1-15(2,19)11(16)7-21-10-6-9-8(4-5-12(17)22-9)13(18)14(10)20-3/h4-6,11,16,18-19H,7H2,1-3H3. The van der Waals surface area contributed by atoms with E-state index in [0.717, 1.165) is 0 Å². The van der Waals surface area contributed by atoms with Crippen molar-refractivity contribution in [1.29, 1.82) is 0 Å². The first-order valence-electron chi connectivity index (χ1n) is 6.61. The molecule has 2 rings (SSSR count). The average molecular weight is 310 g/mol. The lowest BCUT2D eigenvalue weighted by Gasteiger charge is -2.24. The molecule has 1 aromatic carbocycles. The van der Waals surface area contributed by atoms with Crippen LogP contribution in [-0.4, -0.2) is 40.7 Å². The number of fused-ring (bicyclic) bond motifs is 1. The predicted octanol–water partition coefficient (Wildman–Crippen LogP) is 1.02. The van der Waals surface area contributed by atoms with Crippen LogP contribution in [-0.2, 0) is 0 Å². The molecule has 0 saturated carbocycles. The highest BCUT2D eigenvalue weighted by Crippen LogP contribution is 2.42. The minimum Gasteiger partial charge on any atom is -0.504 e. The first kappa shape index (κ1) is 16.1. The number of aliphatic hydroxyl groups excluding tert-OH is 1. The zero-order chi connectivity index (χ0) is 16.5. The second-order valence-corrected chi connectivity index (χ2v) is 5.40. The number of hydrogen-bond donors (Lipinski definition) is 3. The van der Waals surface area contributed by atoms with Gasteiger partial charge in [0.2, 0.25) is 5.75 Å². The third kappa shape index (κ3) is 3.15. The molecule has 1 aromatic heterocycles. The Kier molecular flexibility index (Phi) is 4.30. The third-order valence-corrected chi connectivity index (χ3v) is 3.23. The molecule has 1 heterocycles. The molecule has 7 nitrogen and oxygen atoms in total. The summed E-state index contributed by atoms with van der Waals surface area (Å²) in [4.78, 5) is 11.3. The van der Waals surface area contributed by atoms with E-state index in [0.29, 0.717) is 5.39 Å². The number of ether oxygens (including phenoxy) is 2. The summed E-state index contributed by atoms with van der Waals surface area (Å²) in [5.41, 5.74) is -1.79. The molecule has 0 fully saturated rings. The molecule has 22 heavy (non-hydrogen) atoms. The summed E-state index contributed by atoms with van der Waals surface area (Å²) in [5.74, 6) is -0.106. The highest BCUT2D eigenvalue weighted by Gasteiger charge is 2.26. The lowest BCUT2D eigenvalue weighted by atomic mass is 10.0. The Morgan fingerprint density at radius 2 is 2.05 bits per heavy atom. The van der Waals surface area contributed by atoms with Crippen LogP contribution in [0.4, 0.5) is 0 Å². The molecule has 1 unspecified atom stereocenters. The van der Waals surface area contributed by atoms with Gasteiger partial charge in [0.25, 0.3) is 0 Å². The van der Waals surface area contributed by atoms with Crippen LogP contribution in [0.5, 0.6) is 17.2 Å². The van der Waals surface area contributed by atoms with Crippen LogP contribution in [0.3, 0.4) is 0 Å². The van der Waals surface area contributed by atoms with E-state index in [1.54, 1.807) is 0 Å². The molecule has 0 amide bonds. The second-order valence-electron chi connectivity index (χ2n) is 5.40. The van der Waals surface area contributed by atoms with Gasteiger partial charge >= 0.3 is 5.63 Å². The van der Waals surface area contributed by atoms with E-state index in [9.17, 15) is 20.1 Å². The summed E-state index contributed by atoms with van der Waals surface area (Å²) in [5, 5.41) is 29.9. The monoisotopic (exact) mass is 310 g/mol. The molecule has 0 radical (unpaired) electrons. The Morgan fingerprint density at radius 3 is 2.64 bits per heavy atom. The first-order valence-corrected chi connectivity index (χ1v) is 6.61. The number of methoxy groups -OCH3 is 1. The summed E-state index contributed by atoms with van der Waals surface area (Å²) >= 11 is 0. The van der Waals surface area contributed by atoms with Gasteiger partial charge in [0.15, 0.2) is 11.5 Å². The molecule has 3 N–H and O–H groups in total. The van der Waals surface area contributed by atoms with E-state index >= 15 is 0 Å². The maximum Gasteiger partial charge on any atom is 0.336 e. The fourth-order valence-corrected chi connectivity index (χ4v) is 1.83.